The van der Waals surface area contributed by atoms with Gasteiger partial charge in [0.2, 0.25) is 0 Å². The second kappa shape index (κ2) is 4.94. The van der Waals surface area contributed by atoms with E-state index in [1.165, 1.54) is 0 Å². The van der Waals surface area contributed by atoms with Crippen LogP contribution in [0.5, 0.6) is 0 Å². The summed E-state index contributed by atoms with van der Waals surface area (Å²) in [5, 5.41) is 2.76. The number of nitrogens with two attached hydrogens (primary N) is 1. The maximum absolute atomic E-state index is 11.8. The quantitative estimate of drug-likeness (QED) is 0.742. The van der Waals surface area contributed by atoms with E-state index in [-0.39, 0.29) is 12.1 Å². The molecular weight excluding hydrogens is 204 g/mol. The average Bonchev–Trinajstić information content (AvgIpc) is 2.31. The minimum absolute atomic E-state index is 0.0920. The molecule has 2 rings (SSSR count). The normalized spacial score (nSPS) is 17.2. The molecule has 0 radical (unpaired) electrons. The highest BCUT2D eigenvalue weighted by atomic mass is 16.2. The van der Waals surface area contributed by atoms with Gasteiger partial charge in [0.05, 0.1) is 0 Å². The van der Waals surface area contributed by atoms with E-state index < -0.39 is 0 Å². The minimum Gasteiger partial charge on any atom is -0.328 e. The summed E-state index contributed by atoms with van der Waals surface area (Å²) in [7, 11) is 0. The molecule has 0 spiro atoms. The Morgan fingerprint density at radius 2 is 2.19 bits per heavy atom. The predicted molar refractivity (Wildman–Crippen MR) is 62.0 cm³/mol. The molecule has 2 heterocycles. The lowest BCUT2D eigenvalue weighted by Crippen LogP contribution is -2.44. The van der Waals surface area contributed by atoms with E-state index >= 15 is 0 Å². The monoisotopic (exact) mass is 220 g/mol. The fourth-order valence-electron chi connectivity index (χ4n) is 1.73. The van der Waals surface area contributed by atoms with Crippen LogP contribution in [0.4, 0.5) is 10.6 Å². The number of pyridine rings is 1. The molecule has 16 heavy (non-hydrogen) atoms. The third-order valence-electron chi connectivity index (χ3n) is 2.73. The molecule has 1 aromatic heterocycles. The number of anilines is 1. The number of likely N-dealkylation sites (tertiary alicyclic amines) is 1. The number of hydrogen-bond donors (Lipinski definition) is 2. The van der Waals surface area contributed by atoms with E-state index in [0.717, 1.165) is 25.9 Å². The molecule has 1 saturated heterocycles. The van der Waals surface area contributed by atoms with E-state index in [2.05, 4.69) is 10.3 Å². The number of nitrogens with one attached hydrogen (secondary N) is 1. The Labute approximate surface area is 94.6 Å². The molecule has 5 nitrogen and oxygen atoms in total. The van der Waals surface area contributed by atoms with Crippen LogP contribution in [-0.4, -0.2) is 35.0 Å². The average molecular weight is 220 g/mol. The highest BCUT2D eigenvalue weighted by Gasteiger charge is 2.20. The molecule has 5 heteroatoms. The van der Waals surface area contributed by atoms with Crippen LogP contribution < -0.4 is 11.1 Å². The summed E-state index contributed by atoms with van der Waals surface area (Å²) in [5.41, 5.74) is 5.78. The molecule has 0 saturated carbocycles. The topological polar surface area (TPSA) is 71.2 Å². The van der Waals surface area contributed by atoms with E-state index in [1.54, 1.807) is 17.2 Å². The molecule has 2 amide bonds. The third-order valence-corrected chi connectivity index (χ3v) is 2.73. The fourth-order valence-corrected chi connectivity index (χ4v) is 1.73. The summed E-state index contributed by atoms with van der Waals surface area (Å²) in [6.07, 6.45) is 3.40. The van der Waals surface area contributed by atoms with Crippen LogP contribution in [0, 0.1) is 0 Å². The Hall–Kier alpha value is -1.62. The summed E-state index contributed by atoms with van der Waals surface area (Å²) in [4.78, 5) is 17.6. The van der Waals surface area contributed by atoms with Crippen molar-refractivity contribution in [2.24, 2.45) is 5.73 Å². The number of aromatic nitrogens is 1. The van der Waals surface area contributed by atoms with Gasteiger partial charge in [0, 0.05) is 25.3 Å². The van der Waals surface area contributed by atoms with Gasteiger partial charge in [-0.1, -0.05) is 6.07 Å². The number of amides is 2. The second-order valence-electron chi connectivity index (χ2n) is 3.97. The molecule has 0 atom stereocenters. The molecule has 1 fully saturated rings. The van der Waals surface area contributed by atoms with Gasteiger partial charge in [-0.3, -0.25) is 5.32 Å². The Morgan fingerprint density at radius 3 is 2.81 bits per heavy atom. The van der Waals surface area contributed by atoms with Crippen molar-refractivity contribution in [1.82, 2.24) is 9.88 Å². The number of nitrogens with zero attached hydrogens (tertiary/aromatic N) is 2. The van der Waals surface area contributed by atoms with Gasteiger partial charge < -0.3 is 10.6 Å². The molecule has 0 unspecified atom stereocenters. The van der Waals surface area contributed by atoms with Gasteiger partial charge in [0.25, 0.3) is 0 Å². The van der Waals surface area contributed by atoms with Gasteiger partial charge in [-0.25, -0.2) is 9.78 Å². The van der Waals surface area contributed by atoms with Crippen molar-refractivity contribution < 1.29 is 4.79 Å². The summed E-state index contributed by atoms with van der Waals surface area (Å²) in [5.74, 6) is 0.586. The number of piperidine rings is 1. The predicted octanol–water partition coefficient (Wildman–Crippen LogP) is 1.04. The van der Waals surface area contributed by atoms with E-state index in [4.69, 9.17) is 5.73 Å². The Morgan fingerprint density at radius 1 is 1.44 bits per heavy atom. The smallest absolute Gasteiger partial charge is 0.323 e. The van der Waals surface area contributed by atoms with Crippen molar-refractivity contribution in [3.63, 3.8) is 0 Å². The minimum atomic E-state index is -0.0920. The number of rotatable bonds is 1. The lowest BCUT2D eigenvalue weighted by Gasteiger charge is -2.29. The van der Waals surface area contributed by atoms with Crippen molar-refractivity contribution in [2.75, 3.05) is 18.4 Å². The van der Waals surface area contributed by atoms with Gasteiger partial charge in [-0.2, -0.15) is 0 Å². The fraction of sp³-hybridized carbons (Fsp3) is 0.455. The van der Waals surface area contributed by atoms with Crippen LogP contribution in [0.1, 0.15) is 12.8 Å². The van der Waals surface area contributed by atoms with Crippen LogP contribution in [-0.2, 0) is 0 Å². The molecule has 0 aliphatic carbocycles. The number of urea groups is 1. The van der Waals surface area contributed by atoms with Crippen molar-refractivity contribution >= 4 is 11.8 Å². The first-order chi connectivity index (χ1) is 7.75. The van der Waals surface area contributed by atoms with Crippen molar-refractivity contribution in [1.29, 1.82) is 0 Å². The summed E-state index contributed by atoms with van der Waals surface area (Å²) >= 11 is 0. The summed E-state index contributed by atoms with van der Waals surface area (Å²) in [6.45, 7) is 1.44. The zero-order chi connectivity index (χ0) is 11.4. The zero-order valence-corrected chi connectivity index (χ0v) is 9.10. The van der Waals surface area contributed by atoms with Crippen LogP contribution in [0.3, 0.4) is 0 Å². The van der Waals surface area contributed by atoms with E-state index in [0.29, 0.717) is 5.82 Å². The van der Waals surface area contributed by atoms with Crippen molar-refractivity contribution in [3.8, 4) is 0 Å². The lowest BCUT2D eigenvalue weighted by atomic mass is 10.1. The Bertz CT molecular complexity index is 346. The Kier molecular flexibility index (Phi) is 3.36. The highest BCUT2D eigenvalue weighted by Crippen LogP contribution is 2.10. The molecule has 0 bridgehead atoms. The number of carbonyl (C=O) groups is 1. The zero-order valence-electron chi connectivity index (χ0n) is 9.10. The summed E-state index contributed by atoms with van der Waals surface area (Å²) < 4.78 is 0. The highest BCUT2D eigenvalue weighted by molar-refractivity contribution is 5.88. The largest absolute Gasteiger partial charge is 0.328 e. The first-order valence-corrected chi connectivity index (χ1v) is 5.48. The van der Waals surface area contributed by atoms with Gasteiger partial charge in [-0.15, -0.1) is 0 Å². The van der Waals surface area contributed by atoms with Crippen molar-refractivity contribution in [3.05, 3.63) is 24.4 Å². The van der Waals surface area contributed by atoms with E-state index in [1.807, 2.05) is 12.1 Å². The van der Waals surface area contributed by atoms with Crippen LogP contribution in [0.15, 0.2) is 24.4 Å². The standard InChI is InChI=1S/C11H16N4O/c12-9-4-7-15(8-5-9)11(16)14-10-3-1-2-6-13-10/h1-3,6,9H,4-5,7-8,12H2,(H,13,14,16). The SMILES string of the molecule is NC1CCN(C(=O)Nc2ccccn2)CC1. The number of hydrogen-bond acceptors (Lipinski definition) is 3. The molecule has 1 aromatic rings. The molecular formula is C11H16N4O. The van der Waals surface area contributed by atoms with Crippen LogP contribution in [0.25, 0.3) is 0 Å². The maximum atomic E-state index is 11.8. The second-order valence-corrected chi connectivity index (χ2v) is 3.97. The van der Waals surface area contributed by atoms with E-state index in [9.17, 15) is 4.79 Å². The molecule has 3 N–H and O–H groups in total. The van der Waals surface area contributed by atoms with Crippen molar-refractivity contribution in [2.45, 2.75) is 18.9 Å². The lowest BCUT2D eigenvalue weighted by molar-refractivity contribution is 0.195. The Balaban J connectivity index is 1.89. The van der Waals surface area contributed by atoms with Gasteiger partial charge >= 0.3 is 6.03 Å². The summed E-state index contributed by atoms with van der Waals surface area (Å²) in [6, 6.07) is 5.57. The molecule has 1 aliphatic heterocycles. The van der Waals surface area contributed by atoms with Gasteiger partial charge in [-0.05, 0) is 25.0 Å². The maximum Gasteiger partial charge on any atom is 0.323 e. The molecule has 86 valence electrons. The van der Waals surface area contributed by atoms with Gasteiger partial charge in [0.15, 0.2) is 0 Å². The molecule has 0 aromatic carbocycles. The van der Waals surface area contributed by atoms with Crippen LogP contribution >= 0.6 is 0 Å². The first-order valence-electron chi connectivity index (χ1n) is 5.48. The van der Waals surface area contributed by atoms with Crippen LogP contribution in [0.2, 0.25) is 0 Å². The molecule has 1 aliphatic rings. The van der Waals surface area contributed by atoms with Gasteiger partial charge in [0.1, 0.15) is 5.82 Å². The first kappa shape index (κ1) is 10.9. The third kappa shape index (κ3) is 2.70. The number of carbonyl (C=O) groups excluding carboxylic acids is 1.